The van der Waals surface area contributed by atoms with Crippen LogP contribution in [0.15, 0.2) is 46.9 Å². The average Bonchev–Trinajstić information content (AvgIpc) is 3.09. The van der Waals surface area contributed by atoms with E-state index in [-0.39, 0.29) is 11.9 Å². The lowest BCUT2D eigenvalue weighted by molar-refractivity contribution is 0.0924. The number of likely N-dealkylation sites (tertiary alicyclic amines) is 1. The molecular weight excluding hydrogens is 414 g/mol. The van der Waals surface area contributed by atoms with Gasteiger partial charge in [-0.15, -0.1) is 0 Å². The fraction of sp³-hybridized carbons (Fsp3) is 0.435. The number of nitrogens with one attached hydrogen (secondary N) is 1. The Labute approximate surface area is 176 Å². The van der Waals surface area contributed by atoms with E-state index in [4.69, 9.17) is 0 Å². The average molecular weight is 442 g/mol. The highest BCUT2D eigenvalue weighted by Crippen LogP contribution is 2.32. The number of nitrogens with zero attached hydrogens (tertiary/aromatic N) is 2. The van der Waals surface area contributed by atoms with Gasteiger partial charge in [0, 0.05) is 35.9 Å². The first-order valence-corrected chi connectivity index (χ1v) is 11.0. The van der Waals surface area contributed by atoms with Crippen LogP contribution in [-0.4, -0.2) is 44.0 Å². The van der Waals surface area contributed by atoms with Crippen LogP contribution in [0.5, 0.6) is 0 Å². The SMILES string of the molecule is CN1CCc2cc([C@@H](CNC(=O)c3cccc(Br)c3)N3CCCCC3)ccc21. The maximum Gasteiger partial charge on any atom is 0.251 e. The van der Waals surface area contributed by atoms with Crippen molar-refractivity contribution in [3.63, 3.8) is 0 Å². The van der Waals surface area contributed by atoms with Gasteiger partial charge in [-0.1, -0.05) is 40.5 Å². The molecule has 1 N–H and O–H groups in total. The van der Waals surface area contributed by atoms with Gasteiger partial charge in [0.15, 0.2) is 0 Å². The number of hydrogen-bond acceptors (Lipinski definition) is 3. The third-order valence-corrected chi connectivity index (χ3v) is 6.48. The predicted octanol–water partition coefficient (Wildman–Crippen LogP) is 4.40. The number of halogens is 1. The van der Waals surface area contributed by atoms with Crippen LogP contribution in [0.2, 0.25) is 0 Å². The van der Waals surface area contributed by atoms with Crippen LogP contribution in [0.4, 0.5) is 5.69 Å². The number of benzene rings is 2. The summed E-state index contributed by atoms with van der Waals surface area (Å²) in [5.41, 5.74) is 4.80. The molecule has 2 heterocycles. The molecule has 0 radical (unpaired) electrons. The van der Waals surface area contributed by atoms with E-state index in [1.807, 2.05) is 24.3 Å². The highest BCUT2D eigenvalue weighted by atomic mass is 79.9. The lowest BCUT2D eigenvalue weighted by Crippen LogP contribution is -2.40. The third-order valence-electron chi connectivity index (χ3n) is 5.99. The van der Waals surface area contributed by atoms with Crippen LogP contribution in [0.25, 0.3) is 0 Å². The van der Waals surface area contributed by atoms with Crippen molar-refractivity contribution in [2.45, 2.75) is 31.7 Å². The zero-order chi connectivity index (χ0) is 19.5. The van der Waals surface area contributed by atoms with Gasteiger partial charge in [-0.2, -0.15) is 0 Å². The number of anilines is 1. The predicted molar refractivity (Wildman–Crippen MR) is 118 cm³/mol. The summed E-state index contributed by atoms with van der Waals surface area (Å²) in [7, 11) is 2.16. The summed E-state index contributed by atoms with van der Waals surface area (Å²) in [5.74, 6) is -0.01000. The number of rotatable bonds is 5. The molecule has 1 atom stereocenters. The van der Waals surface area contributed by atoms with E-state index >= 15 is 0 Å². The zero-order valence-electron chi connectivity index (χ0n) is 16.5. The molecule has 2 aromatic rings. The smallest absolute Gasteiger partial charge is 0.251 e. The molecule has 0 saturated carbocycles. The van der Waals surface area contributed by atoms with Gasteiger partial charge >= 0.3 is 0 Å². The number of piperidine rings is 1. The molecular formula is C23H28BrN3O. The van der Waals surface area contributed by atoms with Crippen molar-refractivity contribution in [2.24, 2.45) is 0 Å². The van der Waals surface area contributed by atoms with Crippen LogP contribution in [0.1, 0.15) is 46.8 Å². The molecule has 148 valence electrons. The van der Waals surface area contributed by atoms with E-state index < -0.39 is 0 Å². The normalized spacial score (nSPS) is 18.0. The summed E-state index contributed by atoms with van der Waals surface area (Å²) < 4.78 is 0.926. The van der Waals surface area contributed by atoms with E-state index in [2.05, 4.69) is 56.3 Å². The van der Waals surface area contributed by atoms with E-state index in [0.29, 0.717) is 12.1 Å². The maximum atomic E-state index is 12.7. The lowest BCUT2D eigenvalue weighted by Gasteiger charge is -2.35. The molecule has 2 aromatic carbocycles. The molecule has 4 rings (SSSR count). The Morgan fingerprint density at radius 2 is 1.93 bits per heavy atom. The van der Waals surface area contributed by atoms with Crippen molar-refractivity contribution in [1.29, 1.82) is 0 Å². The summed E-state index contributed by atoms with van der Waals surface area (Å²) in [5, 5.41) is 3.19. The molecule has 5 heteroatoms. The Bertz CT molecular complexity index is 847. The number of carbonyl (C=O) groups excluding carboxylic acids is 1. The summed E-state index contributed by atoms with van der Waals surface area (Å²) in [6, 6.07) is 14.7. The van der Waals surface area contributed by atoms with Gasteiger partial charge in [-0.25, -0.2) is 0 Å². The second-order valence-electron chi connectivity index (χ2n) is 7.89. The van der Waals surface area contributed by atoms with E-state index in [1.54, 1.807) is 0 Å². The van der Waals surface area contributed by atoms with Gasteiger partial charge in [0.05, 0.1) is 6.04 Å². The van der Waals surface area contributed by atoms with Crippen molar-refractivity contribution in [2.75, 3.05) is 38.1 Å². The molecule has 0 unspecified atom stereocenters. The van der Waals surface area contributed by atoms with Crippen LogP contribution in [0.3, 0.4) is 0 Å². The first kappa shape index (κ1) is 19.5. The fourth-order valence-corrected chi connectivity index (χ4v) is 4.80. The number of hydrogen-bond donors (Lipinski definition) is 1. The molecule has 1 saturated heterocycles. The number of amides is 1. The van der Waals surface area contributed by atoms with E-state index in [1.165, 1.54) is 36.1 Å². The zero-order valence-corrected chi connectivity index (χ0v) is 18.0. The Morgan fingerprint density at radius 1 is 1.11 bits per heavy atom. The summed E-state index contributed by atoms with van der Waals surface area (Å²) in [4.78, 5) is 17.6. The first-order chi connectivity index (χ1) is 13.6. The molecule has 2 aliphatic heterocycles. The summed E-state index contributed by atoms with van der Waals surface area (Å²) in [6.45, 7) is 3.94. The van der Waals surface area contributed by atoms with Crippen molar-refractivity contribution < 1.29 is 4.79 Å². The third kappa shape index (κ3) is 4.26. The Hall–Kier alpha value is -1.85. The molecule has 1 amide bonds. The Balaban J connectivity index is 1.53. The van der Waals surface area contributed by atoms with Crippen LogP contribution in [-0.2, 0) is 6.42 Å². The summed E-state index contributed by atoms with van der Waals surface area (Å²) >= 11 is 3.45. The molecule has 28 heavy (non-hydrogen) atoms. The maximum absolute atomic E-state index is 12.7. The van der Waals surface area contributed by atoms with Crippen molar-refractivity contribution in [1.82, 2.24) is 10.2 Å². The minimum absolute atomic E-state index is 0.01000. The quantitative estimate of drug-likeness (QED) is 0.746. The number of likely N-dealkylation sites (N-methyl/N-ethyl adjacent to an activating group) is 1. The van der Waals surface area contributed by atoms with Gasteiger partial charge < -0.3 is 10.2 Å². The van der Waals surface area contributed by atoms with Gasteiger partial charge in [0.2, 0.25) is 0 Å². The monoisotopic (exact) mass is 441 g/mol. The lowest BCUT2D eigenvalue weighted by atomic mass is 9.98. The fourth-order valence-electron chi connectivity index (χ4n) is 4.40. The van der Waals surface area contributed by atoms with Crippen molar-refractivity contribution in [3.8, 4) is 0 Å². The number of fused-ring (bicyclic) bond motifs is 1. The molecule has 0 aliphatic carbocycles. The highest BCUT2D eigenvalue weighted by Gasteiger charge is 2.25. The van der Waals surface area contributed by atoms with Crippen LogP contribution < -0.4 is 10.2 Å². The second-order valence-corrected chi connectivity index (χ2v) is 8.81. The molecule has 1 fully saturated rings. The number of carbonyl (C=O) groups is 1. The molecule has 0 spiro atoms. The minimum Gasteiger partial charge on any atom is -0.374 e. The first-order valence-electron chi connectivity index (χ1n) is 10.2. The van der Waals surface area contributed by atoms with Gasteiger partial charge in [0.1, 0.15) is 0 Å². The van der Waals surface area contributed by atoms with Crippen LogP contribution in [0, 0.1) is 0 Å². The van der Waals surface area contributed by atoms with Gasteiger partial charge in [0.25, 0.3) is 5.91 Å². The Kier molecular flexibility index (Phi) is 6.02. The second kappa shape index (κ2) is 8.66. The molecule has 0 aromatic heterocycles. The topological polar surface area (TPSA) is 35.6 Å². The van der Waals surface area contributed by atoms with E-state index in [0.717, 1.165) is 30.5 Å². The van der Waals surface area contributed by atoms with Gasteiger partial charge in [-0.3, -0.25) is 9.69 Å². The largest absolute Gasteiger partial charge is 0.374 e. The van der Waals surface area contributed by atoms with Crippen LogP contribution >= 0.6 is 15.9 Å². The van der Waals surface area contributed by atoms with E-state index in [9.17, 15) is 4.79 Å². The molecule has 4 nitrogen and oxygen atoms in total. The standard InChI is InChI=1S/C23H28BrN3O/c1-26-13-10-18-14-17(8-9-21(18)26)22(27-11-3-2-4-12-27)16-25-23(28)19-6-5-7-20(24)15-19/h5-9,14-15,22H,2-4,10-13,16H2,1H3,(H,25,28)/t22-/m1/s1. The van der Waals surface area contributed by atoms with Gasteiger partial charge in [-0.05, 0) is 67.7 Å². The summed E-state index contributed by atoms with van der Waals surface area (Å²) in [6.07, 6.45) is 4.90. The Morgan fingerprint density at radius 3 is 2.71 bits per heavy atom. The highest BCUT2D eigenvalue weighted by molar-refractivity contribution is 9.10. The molecule has 0 bridgehead atoms. The molecule has 2 aliphatic rings. The van der Waals surface area contributed by atoms with Crippen molar-refractivity contribution in [3.05, 3.63) is 63.6 Å². The van der Waals surface area contributed by atoms with Crippen molar-refractivity contribution >= 4 is 27.5 Å². The minimum atomic E-state index is -0.01000.